The average Bonchev–Trinajstić information content (AvgIpc) is 2.78. The Morgan fingerprint density at radius 1 is 1.33 bits per heavy atom. The fourth-order valence-corrected chi connectivity index (χ4v) is 2.34. The van der Waals surface area contributed by atoms with Crippen LogP contribution in [-0.2, 0) is 9.59 Å². The van der Waals surface area contributed by atoms with Crippen molar-refractivity contribution in [2.24, 2.45) is 0 Å². The summed E-state index contributed by atoms with van der Waals surface area (Å²) in [7, 11) is 0. The fraction of sp³-hybridized carbons (Fsp3) is 0.727. The zero-order valence-electron chi connectivity index (χ0n) is 10.3. The van der Waals surface area contributed by atoms with Gasteiger partial charge in [-0.25, -0.2) is 4.79 Å². The van der Waals surface area contributed by atoms with Gasteiger partial charge in [0.25, 0.3) is 0 Å². The van der Waals surface area contributed by atoms with Crippen LogP contribution in [-0.4, -0.2) is 40.1 Å². The van der Waals surface area contributed by atoms with Gasteiger partial charge in [-0.2, -0.15) is 0 Å². The number of rotatable bonds is 5. The fourth-order valence-electron chi connectivity index (χ4n) is 1.73. The Hall–Kier alpha value is -1.24. The SMILES string of the molecule is CC(SCC(=O)NC(=O)NC1CCCC1)C(=O)O. The molecule has 1 saturated carbocycles. The van der Waals surface area contributed by atoms with Gasteiger partial charge in [-0.15, -0.1) is 11.8 Å². The molecule has 0 aliphatic heterocycles. The minimum Gasteiger partial charge on any atom is -0.480 e. The molecule has 18 heavy (non-hydrogen) atoms. The average molecular weight is 274 g/mol. The predicted octanol–water partition coefficient (Wildman–Crippen LogP) is 0.961. The highest BCUT2D eigenvalue weighted by atomic mass is 32.2. The molecule has 1 aliphatic rings. The lowest BCUT2D eigenvalue weighted by molar-refractivity contribution is -0.136. The third kappa shape index (κ3) is 5.39. The first-order valence-electron chi connectivity index (χ1n) is 5.94. The van der Waals surface area contributed by atoms with E-state index in [1.807, 2.05) is 0 Å². The normalized spacial score (nSPS) is 17.2. The summed E-state index contributed by atoms with van der Waals surface area (Å²) in [6.07, 6.45) is 4.11. The highest BCUT2D eigenvalue weighted by Gasteiger charge is 2.19. The van der Waals surface area contributed by atoms with E-state index in [1.165, 1.54) is 6.92 Å². The molecule has 7 heteroatoms. The van der Waals surface area contributed by atoms with E-state index in [9.17, 15) is 14.4 Å². The number of carbonyl (C=O) groups excluding carboxylic acids is 2. The number of hydrogen-bond acceptors (Lipinski definition) is 4. The van der Waals surface area contributed by atoms with Gasteiger partial charge in [0.2, 0.25) is 5.91 Å². The quantitative estimate of drug-likeness (QED) is 0.694. The molecule has 0 aromatic rings. The lowest BCUT2D eigenvalue weighted by Gasteiger charge is -2.12. The number of urea groups is 1. The van der Waals surface area contributed by atoms with Gasteiger partial charge >= 0.3 is 12.0 Å². The van der Waals surface area contributed by atoms with Gasteiger partial charge in [0.1, 0.15) is 0 Å². The highest BCUT2D eigenvalue weighted by molar-refractivity contribution is 8.01. The van der Waals surface area contributed by atoms with Crippen LogP contribution in [0.15, 0.2) is 0 Å². The first-order chi connectivity index (χ1) is 8.49. The molecule has 0 aromatic carbocycles. The van der Waals surface area contributed by atoms with Crippen LogP contribution in [0.3, 0.4) is 0 Å². The van der Waals surface area contributed by atoms with Crippen molar-refractivity contribution in [3.63, 3.8) is 0 Å². The Kier molecular flexibility index (Phi) is 5.97. The summed E-state index contributed by atoms with van der Waals surface area (Å²) >= 11 is 0.986. The maximum Gasteiger partial charge on any atom is 0.321 e. The van der Waals surface area contributed by atoms with Crippen LogP contribution in [0.2, 0.25) is 0 Å². The van der Waals surface area contributed by atoms with Crippen molar-refractivity contribution in [1.29, 1.82) is 0 Å². The number of carboxylic acid groups (broad SMARTS) is 1. The predicted molar refractivity (Wildman–Crippen MR) is 68.5 cm³/mol. The van der Waals surface area contributed by atoms with Crippen LogP contribution in [0, 0.1) is 0 Å². The molecule has 102 valence electrons. The van der Waals surface area contributed by atoms with Crippen molar-refractivity contribution in [3.8, 4) is 0 Å². The maximum atomic E-state index is 11.4. The molecule has 0 saturated heterocycles. The van der Waals surface area contributed by atoms with E-state index in [2.05, 4.69) is 10.6 Å². The Morgan fingerprint density at radius 3 is 2.50 bits per heavy atom. The summed E-state index contributed by atoms with van der Waals surface area (Å²) in [5, 5.41) is 12.9. The Balaban J connectivity index is 2.18. The van der Waals surface area contributed by atoms with E-state index >= 15 is 0 Å². The maximum absolute atomic E-state index is 11.4. The number of amides is 3. The van der Waals surface area contributed by atoms with Crippen LogP contribution in [0.1, 0.15) is 32.6 Å². The first kappa shape index (κ1) is 14.8. The van der Waals surface area contributed by atoms with Gasteiger partial charge in [-0.05, 0) is 19.8 Å². The molecule has 1 rings (SSSR count). The van der Waals surface area contributed by atoms with E-state index in [0.29, 0.717) is 0 Å². The number of thioether (sulfide) groups is 1. The second kappa shape index (κ2) is 7.25. The Bertz CT molecular complexity index is 329. The lowest BCUT2D eigenvalue weighted by Crippen LogP contribution is -2.44. The van der Waals surface area contributed by atoms with Gasteiger partial charge in [-0.3, -0.25) is 14.9 Å². The van der Waals surface area contributed by atoms with E-state index in [4.69, 9.17) is 5.11 Å². The first-order valence-corrected chi connectivity index (χ1v) is 6.98. The molecule has 1 aliphatic carbocycles. The summed E-state index contributed by atoms with van der Waals surface area (Å²) in [5.41, 5.74) is 0. The summed E-state index contributed by atoms with van der Waals surface area (Å²) in [5.74, 6) is -1.47. The van der Waals surface area contributed by atoms with E-state index in [1.54, 1.807) is 0 Å². The van der Waals surface area contributed by atoms with Crippen molar-refractivity contribution in [3.05, 3.63) is 0 Å². The van der Waals surface area contributed by atoms with Crippen molar-refractivity contribution < 1.29 is 19.5 Å². The molecular formula is C11H18N2O4S. The molecule has 1 unspecified atom stereocenters. The number of aliphatic carboxylic acids is 1. The largest absolute Gasteiger partial charge is 0.480 e. The summed E-state index contributed by atoms with van der Waals surface area (Å²) in [4.78, 5) is 33.3. The van der Waals surface area contributed by atoms with Crippen LogP contribution in [0.5, 0.6) is 0 Å². The molecule has 0 heterocycles. The van der Waals surface area contributed by atoms with Crippen LogP contribution in [0.4, 0.5) is 4.79 Å². The minimum atomic E-state index is -0.969. The van der Waals surface area contributed by atoms with Crippen LogP contribution < -0.4 is 10.6 Å². The molecular weight excluding hydrogens is 256 g/mol. The van der Waals surface area contributed by atoms with E-state index in [0.717, 1.165) is 37.4 Å². The smallest absolute Gasteiger partial charge is 0.321 e. The van der Waals surface area contributed by atoms with Crippen LogP contribution in [0.25, 0.3) is 0 Å². The molecule has 1 fully saturated rings. The standard InChI is InChI=1S/C11H18N2O4S/c1-7(10(15)16)18-6-9(14)13-11(17)12-8-4-2-3-5-8/h7-8H,2-6H2,1H3,(H,15,16)(H2,12,13,14,17). The van der Waals surface area contributed by atoms with Gasteiger partial charge in [-0.1, -0.05) is 12.8 Å². The van der Waals surface area contributed by atoms with Gasteiger partial charge < -0.3 is 10.4 Å². The molecule has 3 N–H and O–H groups in total. The topological polar surface area (TPSA) is 95.5 Å². The monoisotopic (exact) mass is 274 g/mol. The summed E-state index contributed by atoms with van der Waals surface area (Å²) in [6, 6.07) is -0.334. The molecule has 6 nitrogen and oxygen atoms in total. The third-order valence-electron chi connectivity index (χ3n) is 2.76. The number of nitrogens with one attached hydrogen (secondary N) is 2. The third-order valence-corrected chi connectivity index (χ3v) is 3.89. The summed E-state index contributed by atoms with van der Waals surface area (Å²) in [6.45, 7) is 1.50. The summed E-state index contributed by atoms with van der Waals surface area (Å²) < 4.78 is 0. The number of hydrogen-bond donors (Lipinski definition) is 3. The molecule has 0 radical (unpaired) electrons. The number of imide groups is 1. The minimum absolute atomic E-state index is 0.0362. The zero-order valence-corrected chi connectivity index (χ0v) is 11.1. The van der Waals surface area contributed by atoms with Gasteiger partial charge in [0.05, 0.1) is 11.0 Å². The molecule has 0 aromatic heterocycles. The molecule has 0 spiro atoms. The molecule has 1 atom stereocenters. The Morgan fingerprint density at radius 2 is 1.94 bits per heavy atom. The van der Waals surface area contributed by atoms with Crippen LogP contribution >= 0.6 is 11.8 Å². The lowest BCUT2D eigenvalue weighted by atomic mass is 10.2. The second-order valence-corrected chi connectivity index (χ2v) is 5.62. The van der Waals surface area contributed by atoms with Gasteiger partial charge in [0.15, 0.2) is 0 Å². The Labute approximate surface area is 110 Å². The zero-order chi connectivity index (χ0) is 13.5. The number of carbonyl (C=O) groups is 3. The second-order valence-electron chi connectivity index (χ2n) is 4.29. The van der Waals surface area contributed by atoms with Crippen molar-refractivity contribution in [1.82, 2.24) is 10.6 Å². The molecule has 0 bridgehead atoms. The van der Waals surface area contributed by atoms with Gasteiger partial charge in [0, 0.05) is 6.04 Å². The van der Waals surface area contributed by atoms with E-state index in [-0.39, 0.29) is 11.8 Å². The van der Waals surface area contributed by atoms with E-state index < -0.39 is 23.2 Å². The van der Waals surface area contributed by atoms with Crippen molar-refractivity contribution in [2.45, 2.75) is 43.9 Å². The van der Waals surface area contributed by atoms with Crippen molar-refractivity contribution in [2.75, 3.05) is 5.75 Å². The number of carboxylic acids is 1. The highest BCUT2D eigenvalue weighted by Crippen LogP contribution is 2.17. The molecule has 3 amide bonds. The van der Waals surface area contributed by atoms with Crippen molar-refractivity contribution >= 4 is 29.7 Å².